The number of nitrogens with one attached hydrogen (secondary N) is 1. The fourth-order valence-corrected chi connectivity index (χ4v) is 6.47. The van der Waals surface area contributed by atoms with E-state index in [0.717, 1.165) is 7.11 Å². The second-order valence-electron chi connectivity index (χ2n) is 7.48. The maximum atomic E-state index is 12.4. The lowest BCUT2D eigenvalue weighted by atomic mass is 10.0. The van der Waals surface area contributed by atoms with Crippen molar-refractivity contribution in [3.8, 4) is 0 Å². The van der Waals surface area contributed by atoms with Crippen LogP contribution in [0.2, 0.25) is 0 Å². The molecule has 1 aromatic heterocycles. The van der Waals surface area contributed by atoms with Crippen LogP contribution >= 0.6 is 14.3 Å². The van der Waals surface area contributed by atoms with Gasteiger partial charge in [0.05, 0.1) is 24.4 Å². The molecule has 1 aliphatic rings. The number of ether oxygens (including phenoxy) is 1. The van der Waals surface area contributed by atoms with Crippen molar-refractivity contribution in [3.05, 3.63) is 33.1 Å². The summed E-state index contributed by atoms with van der Waals surface area (Å²) in [6, 6.07) is 0.542. The first-order valence-electron chi connectivity index (χ1n) is 9.84. The highest BCUT2D eigenvalue weighted by Crippen LogP contribution is 2.53. The van der Waals surface area contributed by atoms with Gasteiger partial charge >= 0.3 is 20.0 Å². The molecule has 1 saturated carbocycles. The second-order valence-corrected chi connectivity index (χ2v) is 12.3. The predicted molar refractivity (Wildman–Crippen MR) is 118 cm³/mol. The molecule has 1 heterocycles. The molecule has 0 bridgehead atoms. The Balaban J connectivity index is 2.39. The van der Waals surface area contributed by atoms with Crippen molar-refractivity contribution in [2.24, 2.45) is 5.92 Å². The Morgan fingerprint density at radius 1 is 1.32 bits per heavy atom. The zero-order valence-corrected chi connectivity index (χ0v) is 20.5. The van der Waals surface area contributed by atoms with Gasteiger partial charge in [0.2, 0.25) is 0 Å². The van der Waals surface area contributed by atoms with Crippen LogP contribution in [0.25, 0.3) is 0 Å². The van der Waals surface area contributed by atoms with E-state index in [4.69, 9.17) is 25.6 Å². The van der Waals surface area contributed by atoms with E-state index in [9.17, 15) is 23.9 Å². The normalized spacial score (nSPS) is 28.7. The first-order valence-corrected chi connectivity index (χ1v) is 14.2. The van der Waals surface area contributed by atoms with Crippen LogP contribution < -0.4 is 11.2 Å². The van der Waals surface area contributed by atoms with E-state index >= 15 is 0 Å². The number of aromatic amines is 1. The average molecular weight is 500 g/mol. The summed E-state index contributed by atoms with van der Waals surface area (Å²) in [4.78, 5) is 46.5. The summed E-state index contributed by atoms with van der Waals surface area (Å²) >= 11 is 5.18. The Kier molecular flexibility index (Phi) is 9.39. The standard InChI is InChI=1S/C17H30N2O9P2S/c1-5-11(2)27-30(24,31)28-16-13(19-8-6-14(20)18-17(19)21)10-12(15(16)25-3)7-9-29(22,23)26-4/h6,8,11-13,15-16H,5,7,9-10H2,1-4H3,(H,22,23)(H,24,31)(H,18,20,21)/t11?,12-,13+,15+,16-,30?/m0/s1. The smallest absolute Gasteiger partial charge is 0.328 e. The van der Waals surface area contributed by atoms with Crippen molar-refractivity contribution in [1.82, 2.24) is 9.55 Å². The van der Waals surface area contributed by atoms with Crippen molar-refractivity contribution in [2.75, 3.05) is 20.4 Å². The molecule has 0 spiro atoms. The van der Waals surface area contributed by atoms with Gasteiger partial charge < -0.3 is 28.1 Å². The lowest BCUT2D eigenvalue weighted by Gasteiger charge is -2.30. The highest BCUT2D eigenvalue weighted by Gasteiger charge is 2.48. The van der Waals surface area contributed by atoms with Crippen molar-refractivity contribution in [3.63, 3.8) is 0 Å². The fraction of sp³-hybridized carbons (Fsp3) is 0.765. The van der Waals surface area contributed by atoms with Crippen LogP contribution in [0.5, 0.6) is 0 Å². The number of hydrogen-bond donors (Lipinski definition) is 3. The Morgan fingerprint density at radius 3 is 2.55 bits per heavy atom. The van der Waals surface area contributed by atoms with Crippen LogP contribution in [0.4, 0.5) is 0 Å². The molecule has 14 heteroatoms. The predicted octanol–water partition coefficient (Wildman–Crippen LogP) is 1.75. The lowest BCUT2D eigenvalue weighted by molar-refractivity contribution is -0.0225. The fourth-order valence-electron chi connectivity index (χ4n) is 3.67. The average Bonchev–Trinajstić information content (AvgIpc) is 3.02. The first kappa shape index (κ1) is 26.6. The minimum absolute atomic E-state index is 0.120. The van der Waals surface area contributed by atoms with E-state index in [1.54, 1.807) is 6.92 Å². The van der Waals surface area contributed by atoms with E-state index in [-0.39, 0.29) is 24.6 Å². The Morgan fingerprint density at radius 2 is 2.00 bits per heavy atom. The highest BCUT2D eigenvalue weighted by molar-refractivity contribution is 8.07. The van der Waals surface area contributed by atoms with E-state index in [1.807, 2.05) is 6.92 Å². The van der Waals surface area contributed by atoms with Crippen LogP contribution in [0.15, 0.2) is 21.9 Å². The second kappa shape index (κ2) is 11.0. The molecule has 3 N–H and O–H groups in total. The largest absolute Gasteiger partial charge is 0.378 e. The molecule has 0 amide bonds. The molecule has 2 rings (SSSR count). The Bertz CT molecular complexity index is 952. The van der Waals surface area contributed by atoms with Crippen LogP contribution in [0.3, 0.4) is 0 Å². The summed E-state index contributed by atoms with van der Waals surface area (Å²) in [6.45, 7) is -0.0744. The van der Waals surface area contributed by atoms with Gasteiger partial charge in [-0.1, -0.05) is 6.92 Å². The number of aromatic nitrogens is 2. The van der Waals surface area contributed by atoms with Gasteiger partial charge in [-0.3, -0.25) is 18.9 Å². The molecule has 0 radical (unpaired) electrons. The SMILES string of the molecule is CCC(C)OP(O)(=S)O[C@@H]1[C@H](OC)[C@@H](CCP(=O)(O)OC)C[C@H]1n1ccc(=O)[nH]c1=O. The Hall–Kier alpha value is -0.680. The number of methoxy groups -OCH3 is 1. The quantitative estimate of drug-likeness (QED) is 0.384. The molecule has 1 aliphatic carbocycles. The lowest BCUT2D eigenvalue weighted by Crippen LogP contribution is -2.39. The van der Waals surface area contributed by atoms with Crippen LogP contribution in [-0.2, 0) is 34.7 Å². The Labute approximate surface area is 185 Å². The molecule has 0 aromatic carbocycles. The van der Waals surface area contributed by atoms with Gasteiger partial charge in [0.1, 0.15) is 6.10 Å². The topological polar surface area (TPSA) is 149 Å². The van der Waals surface area contributed by atoms with Gasteiger partial charge in [-0.25, -0.2) is 4.79 Å². The van der Waals surface area contributed by atoms with Gasteiger partial charge in [-0.15, -0.1) is 0 Å². The van der Waals surface area contributed by atoms with Crippen molar-refractivity contribution in [2.45, 2.75) is 57.5 Å². The van der Waals surface area contributed by atoms with Crippen LogP contribution in [-0.4, -0.2) is 58.0 Å². The highest BCUT2D eigenvalue weighted by atomic mass is 32.5. The molecular weight excluding hydrogens is 470 g/mol. The minimum atomic E-state index is -3.75. The molecule has 31 heavy (non-hydrogen) atoms. The third-order valence-electron chi connectivity index (χ3n) is 5.40. The van der Waals surface area contributed by atoms with Crippen molar-refractivity contribution >= 4 is 26.1 Å². The van der Waals surface area contributed by atoms with Gasteiger partial charge in [-0.05, 0) is 43.9 Å². The monoisotopic (exact) mass is 500 g/mol. The molecule has 7 atom stereocenters. The third-order valence-corrected chi connectivity index (χ3v) is 8.45. The zero-order chi connectivity index (χ0) is 23.4. The maximum Gasteiger partial charge on any atom is 0.328 e. The summed E-state index contributed by atoms with van der Waals surface area (Å²) < 4.78 is 34.8. The van der Waals surface area contributed by atoms with Gasteiger partial charge in [0.15, 0.2) is 0 Å². The molecular formula is C17H30N2O9P2S. The number of nitrogens with zero attached hydrogens (tertiary/aromatic N) is 1. The maximum absolute atomic E-state index is 12.4. The molecule has 0 saturated heterocycles. The third kappa shape index (κ3) is 7.15. The van der Waals surface area contributed by atoms with Crippen LogP contribution in [0.1, 0.15) is 39.2 Å². The molecule has 0 aliphatic heterocycles. The molecule has 178 valence electrons. The number of H-pyrrole nitrogens is 1. The molecule has 1 aromatic rings. The van der Waals surface area contributed by atoms with E-state index in [2.05, 4.69) is 9.51 Å². The summed E-state index contributed by atoms with van der Waals surface area (Å²) in [6.07, 6.45) is 0.492. The summed E-state index contributed by atoms with van der Waals surface area (Å²) in [5.74, 6) is -0.312. The summed E-state index contributed by atoms with van der Waals surface area (Å²) in [5.41, 5.74) is -1.20. The summed E-state index contributed by atoms with van der Waals surface area (Å²) in [5, 5.41) is 0. The van der Waals surface area contributed by atoms with E-state index in [0.29, 0.717) is 12.8 Å². The minimum Gasteiger partial charge on any atom is -0.378 e. The van der Waals surface area contributed by atoms with Crippen molar-refractivity contribution < 1.29 is 32.7 Å². The van der Waals surface area contributed by atoms with E-state index in [1.165, 1.54) is 23.9 Å². The number of rotatable bonds is 11. The zero-order valence-electron chi connectivity index (χ0n) is 17.9. The molecule has 3 unspecified atom stereocenters. The van der Waals surface area contributed by atoms with Crippen molar-refractivity contribution in [1.29, 1.82) is 0 Å². The van der Waals surface area contributed by atoms with Gasteiger partial charge in [-0.2, -0.15) is 0 Å². The van der Waals surface area contributed by atoms with Crippen LogP contribution in [0, 0.1) is 5.92 Å². The molecule has 11 nitrogen and oxygen atoms in total. The first-order chi connectivity index (χ1) is 14.4. The van der Waals surface area contributed by atoms with Gasteiger partial charge in [0.25, 0.3) is 5.56 Å². The molecule has 1 fully saturated rings. The van der Waals surface area contributed by atoms with Gasteiger partial charge in [0, 0.05) is 26.5 Å². The van der Waals surface area contributed by atoms with E-state index < -0.39 is 43.8 Å². The number of hydrogen-bond acceptors (Lipinski definition) is 8. The summed E-state index contributed by atoms with van der Waals surface area (Å²) in [7, 11) is -1.15.